The maximum absolute atomic E-state index is 10.7. The number of anilines is 1. The maximum Gasteiger partial charge on any atom is 0.269 e. The van der Waals surface area contributed by atoms with Crippen molar-refractivity contribution in [1.82, 2.24) is 19.7 Å². The number of hydrogen-bond acceptors (Lipinski definition) is 7. The van der Waals surface area contributed by atoms with Crippen LogP contribution in [0, 0.1) is 10.1 Å². The van der Waals surface area contributed by atoms with Crippen LogP contribution in [0.25, 0.3) is 22.1 Å². The Morgan fingerprint density at radius 1 is 1.21 bits per heavy atom. The summed E-state index contributed by atoms with van der Waals surface area (Å²) >= 11 is 3.47. The summed E-state index contributed by atoms with van der Waals surface area (Å²) < 4.78 is 2.91. The zero-order chi connectivity index (χ0) is 19.8. The molecule has 2 aromatic carbocycles. The number of fused-ring (bicyclic) bond motifs is 3. The van der Waals surface area contributed by atoms with Crippen molar-refractivity contribution in [2.45, 2.75) is 6.92 Å². The van der Waals surface area contributed by atoms with Gasteiger partial charge in [0.15, 0.2) is 5.65 Å². The first-order valence-corrected chi connectivity index (χ1v) is 9.07. The van der Waals surface area contributed by atoms with Gasteiger partial charge in [0, 0.05) is 29.0 Å². The van der Waals surface area contributed by atoms with E-state index in [0.717, 1.165) is 20.9 Å². The van der Waals surface area contributed by atoms with E-state index in [1.54, 1.807) is 19.1 Å². The molecule has 0 saturated carbocycles. The topological polar surface area (TPSA) is 111 Å². The molecule has 1 N–H and O–H groups in total. The third-order valence-electron chi connectivity index (χ3n) is 4.38. The second kappa shape index (κ2) is 6.97. The Morgan fingerprint density at radius 2 is 1.96 bits per heavy atom. The summed E-state index contributed by atoms with van der Waals surface area (Å²) in [5.74, 6) is 0.263. The highest BCUT2D eigenvalue weighted by atomic mass is 79.9. The highest BCUT2D eigenvalue weighted by molar-refractivity contribution is 9.10. The molecule has 0 unspecified atom stereocenters. The third-order valence-corrected chi connectivity index (χ3v) is 4.87. The van der Waals surface area contributed by atoms with Crippen LogP contribution in [-0.2, 0) is 7.05 Å². The van der Waals surface area contributed by atoms with E-state index in [1.807, 2.05) is 29.8 Å². The highest BCUT2D eigenvalue weighted by Crippen LogP contribution is 2.28. The Balaban J connectivity index is 1.64. The van der Waals surface area contributed by atoms with Crippen molar-refractivity contribution in [3.05, 3.63) is 62.6 Å². The minimum absolute atomic E-state index is 0.0323. The number of nitrogens with zero attached hydrogens (tertiary/aromatic N) is 6. The average Bonchev–Trinajstić information content (AvgIpc) is 2.97. The van der Waals surface area contributed by atoms with Crippen molar-refractivity contribution in [3.8, 4) is 0 Å². The molecule has 4 aromatic rings. The van der Waals surface area contributed by atoms with Crippen LogP contribution in [0.1, 0.15) is 12.5 Å². The zero-order valence-electron chi connectivity index (χ0n) is 14.9. The lowest BCUT2D eigenvalue weighted by molar-refractivity contribution is -0.384. The minimum Gasteiger partial charge on any atom is -0.327 e. The molecule has 4 rings (SSSR count). The summed E-state index contributed by atoms with van der Waals surface area (Å²) in [7, 11) is 1.92. The number of hydrazone groups is 1. The predicted molar refractivity (Wildman–Crippen MR) is 110 cm³/mol. The van der Waals surface area contributed by atoms with Crippen molar-refractivity contribution in [2.75, 3.05) is 5.43 Å². The molecule has 0 aliphatic rings. The summed E-state index contributed by atoms with van der Waals surface area (Å²) in [6.45, 7) is 1.79. The van der Waals surface area contributed by atoms with E-state index in [4.69, 9.17) is 0 Å². The summed E-state index contributed by atoms with van der Waals surface area (Å²) in [6.07, 6.45) is 0. The Morgan fingerprint density at radius 3 is 2.68 bits per heavy atom. The van der Waals surface area contributed by atoms with E-state index >= 15 is 0 Å². The van der Waals surface area contributed by atoms with Crippen molar-refractivity contribution in [3.63, 3.8) is 0 Å². The molecule has 0 bridgehead atoms. The Bertz CT molecular complexity index is 1250. The summed E-state index contributed by atoms with van der Waals surface area (Å²) in [5, 5.41) is 24.4. The van der Waals surface area contributed by atoms with Gasteiger partial charge in [-0.3, -0.25) is 10.1 Å². The van der Waals surface area contributed by atoms with Gasteiger partial charge in [-0.2, -0.15) is 10.1 Å². The monoisotopic (exact) mass is 439 g/mol. The first-order chi connectivity index (χ1) is 13.4. The molecule has 0 aliphatic carbocycles. The molecule has 0 fully saturated rings. The molecule has 2 aromatic heterocycles. The Kier molecular flexibility index (Phi) is 4.47. The fourth-order valence-electron chi connectivity index (χ4n) is 2.90. The zero-order valence-corrected chi connectivity index (χ0v) is 16.5. The normalized spacial score (nSPS) is 11.9. The SMILES string of the molecule is C/C(=N/Nc1nnc2c3cc(Br)ccc3n(C)c2n1)c1ccc([N+](=O)[O-])cc1. The van der Waals surface area contributed by atoms with Crippen molar-refractivity contribution in [1.29, 1.82) is 0 Å². The standard InChI is InChI=1S/C18H14BrN7O2/c1-10(11-3-6-13(7-4-11)26(27)28)21-23-18-20-17-16(22-24-18)14-9-12(19)5-8-15(14)25(17)2/h3-9H,1-2H3,(H,20,23,24)/b21-10-. The average molecular weight is 440 g/mol. The number of benzene rings is 2. The molecule has 0 amide bonds. The summed E-state index contributed by atoms with van der Waals surface area (Å²) in [4.78, 5) is 14.8. The lowest BCUT2D eigenvalue weighted by Crippen LogP contribution is -2.04. The lowest BCUT2D eigenvalue weighted by atomic mass is 10.1. The molecule has 9 nitrogen and oxygen atoms in total. The fraction of sp³-hybridized carbons (Fsp3) is 0.111. The largest absolute Gasteiger partial charge is 0.327 e. The number of aromatic nitrogens is 4. The molecule has 2 heterocycles. The van der Waals surface area contributed by atoms with Gasteiger partial charge in [0.25, 0.3) is 11.6 Å². The van der Waals surface area contributed by atoms with Crippen LogP contribution in [0.15, 0.2) is 52.0 Å². The van der Waals surface area contributed by atoms with Crippen LogP contribution in [0.4, 0.5) is 11.6 Å². The molecule has 0 atom stereocenters. The van der Waals surface area contributed by atoms with E-state index in [-0.39, 0.29) is 11.6 Å². The molecule has 0 spiro atoms. The Hall–Kier alpha value is -3.40. The number of hydrogen-bond donors (Lipinski definition) is 1. The quantitative estimate of drug-likeness (QED) is 0.292. The van der Waals surface area contributed by atoms with Crippen LogP contribution in [0.3, 0.4) is 0 Å². The first-order valence-electron chi connectivity index (χ1n) is 8.27. The minimum atomic E-state index is -0.439. The number of rotatable bonds is 4. The molecule has 0 saturated heterocycles. The van der Waals surface area contributed by atoms with Crippen LogP contribution in [0.2, 0.25) is 0 Å². The number of halogens is 1. The van der Waals surface area contributed by atoms with E-state index < -0.39 is 4.92 Å². The number of non-ortho nitro benzene ring substituents is 1. The highest BCUT2D eigenvalue weighted by Gasteiger charge is 2.13. The van der Waals surface area contributed by atoms with Crippen LogP contribution in [0.5, 0.6) is 0 Å². The number of nitro benzene ring substituents is 1. The van der Waals surface area contributed by atoms with E-state index in [1.165, 1.54) is 12.1 Å². The maximum atomic E-state index is 10.7. The number of nitrogens with one attached hydrogen (secondary N) is 1. The molecule has 28 heavy (non-hydrogen) atoms. The molecule has 10 heteroatoms. The van der Waals surface area contributed by atoms with Crippen LogP contribution in [-0.4, -0.2) is 30.4 Å². The van der Waals surface area contributed by atoms with Gasteiger partial charge in [0.05, 0.1) is 16.2 Å². The van der Waals surface area contributed by atoms with Gasteiger partial charge in [0.2, 0.25) is 0 Å². The van der Waals surface area contributed by atoms with Gasteiger partial charge in [-0.15, -0.1) is 10.2 Å². The van der Waals surface area contributed by atoms with Gasteiger partial charge < -0.3 is 4.57 Å². The number of aryl methyl sites for hydroxylation is 1. The predicted octanol–water partition coefficient (Wildman–Crippen LogP) is 4.02. The fourth-order valence-corrected chi connectivity index (χ4v) is 3.26. The van der Waals surface area contributed by atoms with E-state index in [0.29, 0.717) is 16.9 Å². The van der Waals surface area contributed by atoms with Gasteiger partial charge >= 0.3 is 0 Å². The van der Waals surface area contributed by atoms with E-state index in [2.05, 4.69) is 41.6 Å². The van der Waals surface area contributed by atoms with Gasteiger partial charge in [-0.05, 0) is 42.8 Å². The van der Waals surface area contributed by atoms with Crippen LogP contribution < -0.4 is 5.43 Å². The second-order valence-corrected chi connectivity index (χ2v) is 7.06. The van der Waals surface area contributed by atoms with Crippen molar-refractivity contribution >= 4 is 55.3 Å². The van der Waals surface area contributed by atoms with Gasteiger partial charge in [0.1, 0.15) is 5.52 Å². The van der Waals surface area contributed by atoms with Gasteiger partial charge in [-0.1, -0.05) is 15.9 Å². The molecular formula is C18H14BrN7O2. The summed E-state index contributed by atoms with van der Waals surface area (Å²) in [6, 6.07) is 12.1. The smallest absolute Gasteiger partial charge is 0.269 e. The first kappa shape index (κ1) is 18.0. The Labute approximate surface area is 167 Å². The van der Waals surface area contributed by atoms with Crippen molar-refractivity contribution in [2.24, 2.45) is 12.1 Å². The molecule has 0 aliphatic heterocycles. The van der Waals surface area contributed by atoms with Crippen LogP contribution >= 0.6 is 15.9 Å². The lowest BCUT2D eigenvalue weighted by Gasteiger charge is -2.03. The third kappa shape index (κ3) is 3.18. The van der Waals surface area contributed by atoms with Gasteiger partial charge in [-0.25, -0.2) is 5.43 Å². The van der Waals surface area contributed by atoms with Crippen molar-refractivity contribution < 1.29 is 4.92 Å². The number of nitro groups is 1. The molecule has 0 radical (unpaired) electrons. The molecule has 140 valence electrons. The second-order valence-electron chi connectivity index (χ2n) is 6.14. The van der Waals surface area contributed by atoms with E-state index in [9.17, 15) is 10.1 Å². The summed E-state index contributed by atoms with van der Waals surface area (Å²) in [5.41, 5.74) is 6.62. The molecular weight excluding hydrogens is 426 g/mol.